The Balaban J connectivity index is 1.50. The van der Waals surface area contributed by atoms with Crippen LogP contribution in [0, 0.1) is 6.92 Å². The molecule has 5 rings (SSSR count). The highest BCUT2D eigenvalue weighted by Crippen LogP contribution is 2.25. The van der Waals surface area contributed by atoms with Crippen molar-refractivity contribution in [1.29, 1.82) is 0 Å². The monoisotopic (exact) mass is 554 g/mol. The van der Waals surface area contributed by atoms with Gasteiger partial charge in [-0.3, -0.25) is 0 Å². The lowest BCUT2D eigenvalue weighted by Crippen LogP contribution is -2.28. The number of sulfonamides is 1. The minimum absolute atomic E-state index is 0.00114. The van der Waals surface area contributed by atoms with E-state index in [9.17, 15) is 8.42 Å². The number of para-hydroxylation sites is 1. The molecule has 0 unspecified atom stereocenters. The zero-order chi connectivity index (χ0) is 28.3. The van der Waals surface area contributed by atoms with Crippen molar-refractivity contribution >= 4 is 15.8 Å². The highest BCUT2D eigenvalue weighted by molar-refractivity contribution is 7.89. The van der Waals surface area contributed by atoms with Gasteiger partial charge in [-0.2, -0.15) is 4.31 Å². The molecule has 0 atom stereocenters. The van der Waals surface area contributed by atoms with Gasteiger partial charge in [0.15, 0.2) is 0 Å². The van der Waals surface area contributed by atoms with E-state index in [0.717, 1.165) is 17.1 Å². The van der Waals surface area contributed by atoms with Gasteiger partial charge in [0.25, 0.3) is 0 Å². The van der Waals surface area contributed by atoms with E-state index >= 15 is 0 Å². The van der Waals surface area contributed by atoms with Crippen LogP contribution in [0.5, 0.6) is 11.5 Å². The molecule has 0 aliphatic heterocycles. The van der Waals surface area contributed by atoms with Crippen LogP contribution in [0.25, 0.3) is 17.2 Å². The van der Waals surface area contributed by atoms with Gasteiger partial charge in [-0.1, -0.05) is 42.0 Å². The van der Waals surface area contributed by atoms with E-state index in [2.05, 4.69) is 4.98 Å². The third kappa shape index (κ3) is 5.88. The van der Waals surface area contributed by atoms with E-state index in [4.69, 9.17) is 14.8 Å². The fourth-order valence-corrected chi connectivity index (χ4v) is 5.14. The Hall–Kier alpha value is -4.54. The lowest BCUT2D eigenvalue weighted by Gasteiger charge is -2.17. The Bertz CT molecular complexity index is 1700. The normalized spacial score (nSPS) is 11.5. The van der Waals surface area contributed by atoms with Crippen molar-refractivity contribution in [2.75, 3.05) is 26.0 Å². The van der Waals surface area contributed by atoms with Gasteiger partial charge in [-0.15, -0.1) is 5.10 Å². The van der Waals surface area contributed by atoms with Crippen molar-refractivity contribution in [3.63, 3.8) is 0 Å². The van der Waals surface area contributed by atoms with Crippen molar-refractivity contribution in [2.24, 2.45) is 0 Å². The first-order chi connectivity index (χ1) is 19.2. The predicted octanol–water partition coefficient (Wildman–Crippen LogP) is 5.32. The summed E-state index contributed by atoms with van der Waals surface area (Å²) in [5.74, 6) is 2.99. The number of hydrogen-bond acceptors (Lipinski definition) is 7. The number of anilines is 1. The van der Waals surface area contributed by atoms with Gasteiger partial charge < -0.3 is 9.64 Å². The summed E-state index contributed by atoms with van der Waals surface area (Å²) >= 11 is 0. The van der Waals surface area contributed by atoms with Crippen LogP contribution < -0.4 is 9.64 Å². The maximum Gasteiger partial charge on any atom is 0.243 e. The number of benzene rings is 3. The van der Waals surface area contributed by atoms with E-state index in [1.807, 2.05) is 98.7 Å². The zero-order valence-corrected chi connectivity index (χ0v) is 23.6. The fourth-order valence-electron chi connectivity index (χ4n) is 4.01. The first-order valence-corrected chi connectivity index (χ1v) is 14.1. The SMILES string of the molecule is Cc1ccc(S(=O)(=O)N(C)Cc2nc(-c3cccc(N(C)C)n3)nn2-c2ccc(Oc3ccccc3)cc2)cc1. The molecule has 0 saturated heterocycles. The first-order valence-electron chi connectivity index (χ1n) is 12.7. The van der Waals surface area contributed by atoms with E-state index in [1.54, 1.807) is 28.9 Å². The van der Waals surface area contributed by atoms with Crippen LogP contribution >= 0.6 is 0 Å². The minimum Gasteiger partial charge on any atom is -0.457 e. The second kappa shape index (κ2) is 11.3. The zero-order valence-electron chi connectivity index (χ0n) is 22.8. The molecule has 0 fully saturated rings. The molecule has 9 nitrogen and oxygen atoms in total. The summed E-state index contributed by atoms with van der Waals surface area (Å²) in [5.41, 5.74) is 2.27. The van der Waals surface area contributed by atoms with Crippen LogP contribution in [0.1, 0.15) is 11.4 Å². The number of ether oxygens (including phenoxy) is 1. The van der Waals surface area contributed by atoms with Gasteiger partial charge >= 0.3 is 0 Å². The molecule has 0 amide bonds. The predicted molar refractivity (Wildman–Crippen MR) is 155 cm³/mol. The summed E-state index contributed by atoms with van der Waals surface area (Å²) in [6.45, 7) is 1.92. The molecule has 0 aliphatic rings. The highest BCUT2D eigenvalue weighted by atomic mass is 32.2. The molecule has 204 valence electrons. The van der Waals surface area contributed by atoms with Gasteiger partial charge in [0.1, 0.15) is 28.8 Å². The molecule has 0 aliphatic carbocycles. The molecule has 0 radical (unpaired) electrons. The molecule has 0 bridgehead atoms. The van der Waals surface area contributed by atoms with E-state index in [0.29, 0.717) is 28.8 Å². The van der Waals surface area contributed by atoms with Crippen LogP contribution in [0.15, 0.2) is 102 Å². The van der Waals surface area contributed by atoms with Gasteiger partial charge in [-0.05, 0) is 67.6 Å². The van der Waals surface area contributed by atoms with Crippen LogP contribution in [-0.2, 0) is 16.6 Å². The minimum atomic E-state index is -3.76. The second-order valence-electron chi connectivity index (χ2n) is 9.52. The average molecular weight is 555 g/mol. The fraction of sp³-hybridized carbons (Fsp3) is 0.167. The maximum atomic E-state index is 13.3. The van der Waals surface area contributed by atoms with Crippen LogP contribution in [-0.4, -0.2) is 53.6 Å². The van der Waals surface area contributed by atoms with E-state index in [1.165, 1.54) is 11.4 Å². The van der Waals surface area contributed by atoms with Crippen molar-refractivity contribution in [1.82, 2.24) is 24.1 Å². The molecular weight excluding hydrogens is 524 g/mol. The second-order valence-corrected chi connectivity index (χ2v) is 11.6. The maximum absolute atomic E-state index is 13.3. The molecule has 0 N–H and O–H groups in total. The molecule has 2 aromatic heterocycles. The lowest BCUT2D eigenvalue weighted by atomic mass is 10.2. The summed E-state index contributed by atoms with van der Waals surface area (Å²) in [6, 6.07) is 29.3. The lowest BCUT2D eigenvalue weighted by molar-refractivity contribution is 0.452. The smallest absolute Gasteiger partial charge is 0.243 e. The number of nitrogens with zero attached hydrogens (tertiary/aromatic N) is 6. The van der Waals surface area contributed by atoms with Gasteiger partial charge in [0.2, 0.25) is 15.8 Å². The Kier molecular flexibility index (Phi) is 7.63. The number of aryl methyl sites for hydroxylation is 1. The van der Waals surface area contributed by atoms with Crippen molar-refractivity contribution < 1.29 is 13.2 Å². The third-order valence-electron chi connectivity index (χ3n) is 6.25. The Morgan fingerprint density at radius 2 is 1.45 bits per heavy atom. The Morgan fingerprint density at radius 1 is 0.775 bits per heavy atom. The van der Waals surface area contributed by atoms with Crippen molar-refractivity contribution in [2.45, 2.75) is 18.4 Å². The standard InChI is InChI=1S/C30H30N6O3S/c1-22-13-19-26(20-14-22)40(37,38)35(4)21-29-32-30(27-11-8-12-28(31-27)34(2)3)33-36(29)23-15-17-25(18-16-23)39-24-9-6-5-7-10-24/h5-20H,21H2,1-4H3. The Labute approximate surface area is 234 Å². The van der Waals surface area contributed by atoms with E-state index in [-0.39, 0.29) is 11.4 Å². The molecule has 10 heteroatoms. The molecule has 3 aromatic carbocycles. The summed E-state index contributed by atoms with van der Waals surface area (Å²) < 4.78 is 35.5. The molecule has 0 saturated carbocycles. The van der Waals surface area contributed by atoms with Crippen LogP contribution in [0.2, 0.25) is 0 Å². The van der Waals surface area contributed by atoms with E-state index < -0.39 is 10.0 Å². The van der Waals surface area contributed by atoms with Crippen LogP contribution in [0.3, 0.4) is 0 Å². The van der Waals surface area contributed by atoms with Gasteiger partial charge in [0.05, 0.1) is 17.1 Å². The van der Waals surface area contributed by atoms with Crippen molar-refractivity contribution in [3.05, 3.63) is 108 Å². The number of aromatic nitrogens is 4. The Morgan fingerprint density at radius 3 is 2.12 bits per heavy atom. The quantitative estimate of drug-likeness (QED) is 0.244. The van der Waals surface area contributed by atoms with Crippen molar-refractivity contribution in [3.8, 4) is 28.7 Å². The summed E-state index contributed by atoms with van der Waals surface area (Å²) in [4.78, 5) is 11.5. The molecule has 2 heterocycles. The molecule has 5 aromatic rings. The average Bonchev–Trinajstić information content (AvgIpc) is 3.38. The van der Waals surface area contributed by atoms with Gasteiger partial charge in [-0.25, -0.2) is 23.1 Å². The first kappa shape index (κ1) is 27.0. The highest BCUT2D eigenvalue weighted by Gasteiger charge is 2.24. The largest absolute Gasteiger partial charge is 0.457 e. The van der Waals surface area contributed by atoms with Crippen LogP contribution in [0.4, 0.5) is 5.82 Å². The van der Waals surface area contributed by atoms with Gasteiger partial charge in [0, 0.05) is 21.1 Å². The summed E-state index contributed by atoms with van der Waals surface area (Å²) in [7, 11) is 1.60. The topological polar surface area (TPSA) is 93.5 Å². The number of hydrogen-bond donors (Lipinski definition) is 0. The molecular formula is C30H30N6O3S. The third-order valence-corrected chi connectivity index (χ3v) is 8.07. The number of rotatable bonds is 9. The summed E-state index contributed by atoms with van der Waals surface area (Å²) in [5, 5.41) is 4.75. The summed E-state index contributed by atoms with van der Waals surface area (Å²) in [6.07, 6.45) is 0. The molecule has 40 heavy (non-hydrogen) atoms. The number of pyridine rings is 1. The molecule has 0 spiro atoms.